The van der Waals surface area contributed by atoms with Gasteiger partial charge < -0.3 is 5.11 Å². The van der Waals surface area contributed by atoms with Crippen molar-refractivity contribution in [3.63, 3.8) is 0 Å². The topological polar surface area (TPSA) is 54.4 Å². The van der Waals surface area contributed by atoms with Crippen LogP contribution in [0.25, 0.3) is 10.4 Å². The van der Waals surface area contributed by atoms with Gasteiger partial charge in [-0.3, -0.25) is 0 Å². The minimum Gasteiger partial charge on any atom is -0.385 e. The number of alkyl halides is 1. The fraction of sp³-hybridized carbons (Fsp3) is 0.286. The van der Waals surface area contributed by atoms with Crippen LogP contribution in [0.5, 0.6) is 0 Å². The first-order valence-electron chi connectivity index (χ1n) is 6.32. The highest BCUT2D eigenvalue weighted by molar-refractivity contribution is 7.92. The van der Waals surface area contributed by atoms with Crippen molar-refractivity contribution in [3.05, 3.63) is 40.2 Å². The Morgan fingerprint density at radius 1 is 1.36 bits per heavy atom. The maximum Gasteiger partial charge on any atom is 0.185 e. The standard InChI is InChI=1S/C14H11ClF2O3S2/c1-22(19,20)14-11-9(5-10(17)12(11)18)13(21-14)6-2-7(15)4-8(16)3-6/h2-4,10,12,18H,5H2,1H3/t10-,12-/m1/s1. The molecule has 1 aromatic heterocycles. The number of sulfone groups is 1. The van der Waals surface area contributed by atoms with Gasteiger partial charge in [-0.2, -0.15) is 0 Å². The molecule has 1 N–H and O–H groups in total. The highest BCUT2D eigenvalue weighted by Gasteiger charge is 2.39. The average molecular weight is 365 g/mol. The second-order valence-corrected chi connectivity index (χ2v) is 8.87. The first-order valence-corrected chi connectivity index (χ1v) is 9.41. The summed E-state index contributed by atoms with van der Waals surface area (Å²) in [6, 6.07) is 3.83. The molecule has 0 unspecified atom stereocenters. The zero-order chi connectivity index (χ0) is 16.2. The average Bonchev–Trinajstić information content (AvgIpc) is 2.87. The number of fused-ring (bicyclic) bond motifs is 1. The Kier molecular flexibility index (Phi) is 3.79. The van der Waals surface area contributed by atoms with Gasteiger partial charge in [-0.15, -0.1) is 11.3 Å². The number of hydrogen-bond acceptors (Lipinski definition) is 4. The van der Waals surface area contributed by atoms with E-state index in [1.165, 1.54) is 12.1 Å². The first kappa shape index (κ1) is 15.9. The Hall–Kier alpha value is -1.02. The molecule has 22 heavy (non-hydrogen) atoms. The molecule has 1 heterocycles. The van der Waals surface area contributed by atoms with Crippen LogP contribution in [0, 0.1) is 5.82 Å². The smallest absolute Gasteiger partial charge is 0.185 e. The van der Waals surface area contributed by atoms with E-state index in [0.717, 1.165) is 23.7 Å². The quantitative estimate of drug-likeness (QED) is 0.886. The minimum absolute atomic E-state index is 0.0782. The largest absolute Gasteiger partial charge is 0.385 e. The summed E-state index contributed by atoms with van der Waals surface area (Å²) >= 11 is 6.73. The number of aliphatic hydroxyl groups is 1. The van der Waals surface area contributed by atoms with Crippen LogP contribution in [0.2, 0.25) is 5.02 Å². The summed E-state index contributed by atoms with van der Waals surface area (Å²) < 4.78 is 51.1. The molecule has 8 heteroatoms. The highest BCUT2D eigenvalue weighted by atomic mass is 35.5. The van der Waals surface area contributed by atoms with Crippen LogP contribution in [0.3, 0.4) is 0 Å². The molecule has 0 spiro atoms. The maximum absolute atomic E-state index is 13.8. The van der Waals surface area contributed by atoms with E-state index < -0.39 is 27.9 Å². The number of aliphatic hydroxyl groups excluding tert-OH is 1. The lowest BCUT2D eigenvalue weighted by Gasteiger charge is -2.07. The van der Waals surface area contributed by atoms with Crippen molar-refractivity contribution in [1.82, 2.24) is 0 Å². The molecule has 0 bridgehead atoms. The zero-order valence-electron chi connectivity index (χ0n) is 11.3. The fourth-order valence-corrected chi connectivity index (χ4v) is 5.45. The molecule has 0 saturated carbocycles. The Morgan fingerprint density at radius 3 is 2.64 bits per heavy atom. The summed E-state index contributed by atoms with van der Waals surface area (Å²) in [5.41, 5.74) is 0.880. The van der Waals surface area contributed by atoms with Gasteiger partial charge in [0.05, 0.1) is 0 Å². The molecule has 0 saturated heterocycles. The van der Waals surface area contributed by atoms with Crippen molar-refractivity contribution >= 4 is 32.8 Å². The Labute approximate surface area is 135 Å². The van der Waals surface area contributed by atoms with E-state index in [4.69, 9.17) is 11.6 Å². The van der Waals surface area contributed by atoms with Crippen molar-refractivity contribution in [3.8, 4) is 10.4 Å². The van der Waals surface area contributed by atoms with E-state index in [2.05, 4.69) is 0 Å². The summed E-state index contributed by atoms with van der Waals surface area (Å²) in [6.45, 7) is 0. The van der Waals surface area contributed by atoms with E-state index in [1.807, 2.05) is 0 Å². The lowest BCUT2D eigenvalue weighted by Crippen LogP contribution is -2.09. The normalized spacial score (nSPS) is 21.1. The van der Waals surface area contributed by atoms with Gasteiger partial charge in [0.1, 0.15) is 22.3 Å². The van der Waals surface area contributed by atoms with E-state index in [-0.39, 0.29) is 21.2 Å². The molecule has 2 aromatic rings. The lowest BCUT2D eigenvalue weighted by molar-refractivity contribution is 0.0910. The maximum atomic E-state index is 13.8. The number of halogens is 3. The Bertz CT molecular complexity index is 841. The van der Waals surface area contributed by atoms with Gasteiger partial charge >= 0.3 is 0 Å². The van der Waals surface area contributed by atoms with Crippen molar-refractivity contribution in [2.45, 2.75) is 22.9 Å². The third-order valence-electron chi connectivity index (χ3n) is 3.51. The summed E-state index contributed by atoms with van der Waals surface area (Å²) in [7, 11) is -3.63. The molecular formula is C14H11ClF2O3S2. The lowest BCUT2D eigenvalue weighted by atomic mass is 10.1. The van der Waals surface area contributed by atoms with E-state index in [9.17, 15) is 22.3 Å². The summed E-state index contributed by atoms with van der Waals surface area (Å²) in [5.74, 6) is -0.569. The monoisotopic (exact) mass is 364 g/mol. The van der Waals surface area contributed by atoms with Crippen LogP contribution in [0.1, 0.15) is 17.2 Å². The molecule has 0 radical (unpaired) electrons. The van der Waals surface area contributed by atoms with Gasteiger partial charge in [0.25, 0.3) is 0 Å². The van der Waals surface area contributed by atoms with Crippen molar-refractivity contribution in [2.24, 2.45) is 0 Å². The Balaban J connectivity index is 2.29. The molecule has 0 amide bonds. The highest BCUT2D eigenvalue weighted by Crippen LogP contribution is 2.48. The molecule has 0 fully saturated rings. The number of benzene rings is 1. The molecule has 1 aromatic carbocycles. The molecule has 3 rings (SSSR count). The summed E-state index contributed by atoms with van der Waals surface area (Å²) in [4.78, 5) is 0.427. The van der Waals surface area contributed by atoms with Crippen LogP contribution < -0.4 is 0 Å². The molecule has 3 nitrogen and oxygen atoms in total. The van der Waals surface area contributed by atoms with E-state index >= 15 is 0 Å². The van der Waals surface area contributed by atoms with Crippen LogP contribution in [0.4, 0.5) is 8.78 Å². The molecule has 0 aliphatic heterocycles. The predicted octanol–water partition coefficient (Wildman–Crippen LogP) is 3.54. The van der Waals surface area contributed by atoms with Gasteiger partial charge in [-0.25, -0.2) is 17.2 Å². The van der Waals surface area contributed by atoms with Gasteiger partial charge in [0, 0.05) is 28.1 Å². The van der Waals surface area contributed by atoms with Gasteiger partial charge in [-0.1, -0.05) is 11.6 Å². The third kappa shape index (κ3) is 2.56. The molecule has 118 valence electrons. The number of thiophene rings is 1. The van der Waals surface area contributed by atoms with Crippen LogP contribution in [-0.4, -0.2) is 26.0 Å². The van der Waals surface area contributed by atoms with Crippen LogP contribution in [-0.2, 0) is 16.3 Å². The van der Waals surface area contributed by atoms with E-state index in [1.54, 1.807) is 0 Å². The number of rotatable bonds is 2. The van der Waals surface area contributed by atoms with Gasteiger partial charge in [0.2, 0.25) is 0 Å². The van der Waals surface area contributed by atoms with Gasteiger partial charge in [-0.05, 0) is 29.3 Å². The second-order valence-electron chi connectivity index (χ2n) is 5.21. The second kappa shape index (κ2) is 5.26. The van der Waals surface area contributed by atoms with Gasteiger partial charge in [0.15, 0.2) is 9.84 Å². The van der Waals surface area contributed by atoms with Crippen molar-refractivity contribution in [1.29, 1.82) is 0 Å². The molecule has 1 aliphatic rings. The molecular weight excluding hydrogens is 354 g/mol. The predicted molar refractivity (Wildman–Crippen MR) is 81.4 cm³/mol. The molecule has 1 aliphatic carbocycles. The Morgan fingerprint density at radius 2 is 2.05 bits per heavy atom. The van der Waals surface area contributed by atoms with Crippen molar-refractivity contribution in [2.75, 3.05) is 6.26 Å². The summed E-state index contributed by atoms with van der Waals surface area (Å²) in [6.07, 6.45) is -2.15. The summed E-state index contributed by atoms with van der Waals surface area (Å²) in [5, 5.41) is 10.1. The first-order chi connectivity index (χ1) is 10.2. The number of hydrogen-bond donors (Lipinski definition) is 1. The van der Waals surface area contributed by atoms with Crippen LogP contribution >= 0.6 is 22.9 Å². The molecule has 2 atom stereocenters. The fourth-order valence-electron chi connectivity index (χ4n) is 2.64. The third-order valence-corrected chi connectivity index (χ3v) is 6.87. The SMILES string of the molecule is CS(=O)(=O)c1sc(-c2cc(F)cc(Cl)c2)c2c1[C@H](O)[C@H](F)C2. The van der Waals surface area contributed by atoms with Crippen molar-refractivity contribution < 1.29 is 22.3 Å². The zero-order valence-corrected chi connectivity index (χ0v) is 13.7. The van der Waals surface area contributed by atoms with Crippen LogP contribution in [0.15, 0.2) is 22.4 Å². The van der Waals surface area contributed by atoms with E-state index in [0.29, 0.717) is 16.0 Å². The minimum atomic E-state index is -3.63.